The summed E-state index contributed by atoms with van der Waals surface area (Å²) >= 11 is 3.66. The fraction of sp³-hybridized carbons (Fsp3) is 1.00. The van der Waals surface area contributed by atoms with Gasteiger partial charge < -0.3 is 9.50 Å². The highest BCUT2D eigenvalue weighted by Crippen LogP contribution is 1.96. The number of thiol groups is 1. The van der Waals surface area contributed by atoms with E-state index in [1.54, 1.807) is 0 Å². The van der Waals surface area contributed by atoms with Gasteiger partial charge in [0.15, 0.2) is 0 Å². The molecule has 0 fully saturated rings. The third-order valence-electron chi connectivity index (χ3n) is 0.981. The molecule has 0 aliphatic rings. The van der Waals surface area contributed by atoms with Gasteiger partial charge in [0.05, 0.1) is 6.10 Å². The number of rotatable bonds is 4. The second-order valence-electron chi connectivity index (χ2n) is 1.81. The zero-order chi connectivity index (χ0) is 6.41. The smallest absolute Gasteiger partial charge is 0.0703 e. The summed E-state index contributed by atoms with van der Waals surface area (Å²) in [4.78, 5) is 0. The van der Waals surface area contributed by atoms with E-state index in [1.807, 2.05) is 14.0 Å². The Balaban J connectivity index is 2.86. The molecule has 0 saturated carbocycles. The van der Waals surface area contributed by atoms with E-state index in [0.29, 0.717) is 0 Å². The van der Waals surface area contributed by atoms with Gasteiger partial charge in [-0.25, -0.2) is 0 Å². The van der Waals surface area contributed by atoms with Crippen molar-refractivity contribution in [1.82, 2.24) is 5.32 Å². The topological polar surface area (TPSA) is 21.3 Å². The summed E-state index contributed by atoms with van der Waals surface area (Å²) in [6.45, 7) is 2.98. The third kappa shape index (κ3) is 4.43. The van der Waals surface area contributed by atoms with Crippen LogP contribution in [0, 0.1) is 0 Å². The van der Waals surface area contributed by atoms with E-state index >= 15 is 0 Å². The van der Waals surface area contributed by atoms with E-state index in [9.17, 15) is 0 Å². The molecular formula is C5H13NOS. The molecule has 0 spiro atoms. The van der Waals surface area contributed by atoms with Crippen LogP contribution in [0.2, 0.25) is 0 Å². The zero-order valence-electron chi connectivity index (χ0n) is 5.35. The Morgan fingerprint density at radius 1 is 1.75 bits per heavy atom. The Labute approximate surface area is 56.2 Å². The van der Waals surface area contributed by atoms with E-state index in [0.717, 1.165) is 13.0 Å². The predicted octanol–water partition coefficient (Wildman–Crippen LogP) is 0.846. The van der Waals surface area contributed by atoms with Gasteiger partial charge in [0.2, 0.25) is 0 Å². The number of hydrogen-bond donors (Lipinski definition) is 2. The van der Waals surface area contributed by atoms with Crippen molar-refractivity contribution < 1.29 is 4.18 Å². The van der Waals surface area contributed by atoms with Crippen LogP contribution in [0.1, 0.15) is 13.3 Å². The molecule has 2 nitrogen and oxygen atoms in total. The Morgan fingerprint density at radius 3 is 2.75 bits per heavy atom. The van der Waals surface area contributed by atoms with E-state index < -0.39 is 0 Å². The third-order valence-corrected chi connectivity index (χ3v) is 1.34. The molecule has 3 heteroatoms. The summed E-state index contributed by atoms with van der Waals surface area (Å²) in [6.07, 6.45) is 1.27. The lowest BCUT2D eigenvalue weighted by Crippen LogP contribution is -2.14. The van der Waals surface area contributed by atoms with Crippen LogP contribution in [0.5, 0.6) is 0 Å². The summed E-state index contributed by atoms with van der Waals surface area (Å²) in [6, 6.07) is 0. The highest BCUT2D eigenvalue weighted by Gasteiger charge is 1.95. The maximum Gasteiger partial charge on any atom is 0.0703 e. The van der Waals surface area contributed by atoms with Crippen LogP contribution in [-0.2, 0) is 4.18 Å². The van der Waals surface area contributed by atoms with Crippen LogP contribution in [0.3, 0.4) is 0 Å². The van der Waals surface area contributed by atoms with E-state index in [2.05, 4.69) is 18.2 Å². The molecule has 0 saturated heterocycles. The molecule has 1 N–H and O–H groups in total. The van der Waals surface area contributed by atoms with Crippen LogP contribution < -0.4 is 5.32 Å². The lowest BCUT2D eigenvalue weighted by molar-refractivity contribution is 0.257. The molecule has 0 aliphatic carbocycles. The minimum Gasteiger partial charge on any atom is -0.320 e. The van der Waals surface area contributed by atoms with Gasteiger partial charge >= 0.3 is 0 Å². The standard InChI is InChI=1S/C5H13NOS/c1-5(7-8)3-4-6-2/h5-6,8H,3-4H2,1-2H3. The van der Waals surface area contributed by atoms with Crippen LogP contribution in [0.25, 0.3) is 0 Å². The van der Waals surface area contributed by atoms with Crippen LogP contribution in [-0.4, -0.2) is 19.7 Å². The summed E-state index contributed by atoms with van der Waals surface area (Å²) in [5, 5.41) is 3.02. The van der Waals surface area contributed by atoms with Crippen LogP contribution in [0.4, 0.5) is 0 Å². The van der Waals surface area contributed by atoms with Crippen molar-refractivity contribution in [1.29, 1.82) is 0 Å². The summed E-state index contributed by atoms with van der Waals surface area (Å²) in [5.74, 6) is 0. The van der Waals surface area contributed by atoms with Crippen LogP contribution >= 0.6 is 12.9 Å². The van der Waals surface area contributed by atoms with Gasteiger partial charge in [-0.1, -0.05) is 0 Å². The lowest BCUT2D eigenvalue weighted by Gasteiger charge is -2.05. The average Bonchev–Trinajstić information content (AvgIpc) is 1.83. The van der Waals surface area contributed by atoms with Gasteiger partial charge in [0, 0.05) is 0 Å². The Kier molecular flexibility index (Phi) is 5.59. The normalized spacial score (nSPS) is 13.9. The van der Waals surface area contributed by atoms with Gasteiger partial charge in [-0.3, -0.25) is 0 Å². The molecule has 0 aromatic rings. The van der Waals surface area contributed by atoms with Gasteiger partial charge in [-0.05, 0) is 39.8 Å². The summed E-state index contributed by atoms with van der Waals surface area (Å²) < 4.78 is 4.71. The molecule has 0 radical (unpaired) electrons. The van der Waals surface area contributed by atoms with Gasteiger partial charge in [0.25, 0.3) is 0 Å². The molecule has 8 heavy (non-hydrogen) atoms. The Hall–Kier alpha value is 0.270. The minimum atomic E-state index is 0.255. The van der Waals surface area contributed by atoms with E-state index in [1.165, 1.54) is 0 Å². The SMILES string of the molecule is CNCCC(C)OS. The molecule has 0 aliphatic heterocycles. The summed E-state index contributed by atoms with van der Waals surface area (Å²) in [7, 11) is 1.92. The van der Waals surface area contributed by atoms with Crippen molar-refractivity contribution in [3.05, 3.63) is 0 Å². The average molecular weight is 135 g/mol. The molecule has 0 rings (SSSR count). The minimum absolute atomic E-state index is 0.255. The second kappa shape index (κ2) is 5.41. The Morgan fingerprint density at radius 2 is 2.38 bits per heavy atom. The molecule has 1 unspecified atom stereocenters. The van der Waals surface area contributed by atoms with E-state index in [-0.39, 0.29) is 6.10 Å². The summed E-state index contributed by atoms with van der Waals surface area (Å²) in [5.41, 5.74) is 0. The quantitative estimate of drug-likeness (QED) is 0.440. The highest BCUT2D eigenvalue weighted by atomic mass is 32.1. The maximum absolute atomic E-state index is 4.71. The maximum atomic E-state index is 4.71. The van der Waals surface area contributed by atoms with Gasteiger partial charge in [-0.15, -0.1) is 0 Å². The lowest BCUT2D eigenvalue weighted by atomic mass is 10.3. The first kappa shape index (κ1) is 8.27. The van der Waals surface area contributed by atoms with Crippen molar-refractivity contribution in [3.8, 4) is 0 Å². The fourth-order valence-electron chi connectivity index (χ4n) is 0.400. The molecule has 0 aromatic carbocycles. The van der Waals surface area contributed by atoms with E-state index in [4.69, 9.17) is 4.18 Å². The molecule has 0 heterocycles. The predicted molar refractivity (Wildman–Crippen MR) is 38.1 cm³/mol. The molecule has 0 bridgehead atoms. The second-order valence-corrected chi connectivity index (χ2v) is 2.02. The molecule has 1 atom stereocenters. The van der Waals surface area contributed by atoms with Gasteiger partial charge in [-0.2, -0.15) is 0 Å². The highest BCUT2D eigenvalue weighted by molar-refractivity contribution is 7.75. The number of nitrogens with one attached hydrogen (secondary N) is 1. The van der Waals surface area contributed by atoms with Crippen molar-refractivity contribution in [2.75, 3.05) is 13.6 Å². The molecule has 0 aromatic heterocycles. The molecule has 50 valence electrons. The van der Waals surface area contributed by atoms with Crippen molar-refractivity contribution in [3.63, 3.8) is 0 Å². The fourth-order valence-corrected chi connectivity index (χ4v) is 0.506. The largest absolute Gasteiger partial charge is 0.320 e. The first-order valence-electron chi connectivity index (χ1n) is 2.76. The monoisotopic (exact) mass is 135 g/mol. The van der Waals surface area contributed by atoms with Gasteiger partial charge in [0.1, 0.15) is 0 Å². The molecule has 0 amide bonds. The first-order valence-corrected chi connectivity index (χ1v) is 3.12. The Bertz CT molecular complexity index is 51.7. The number of hydrogen-bond acceptors (Lipinski definition) is 3. The van der Waals surface area contributed by atoms with Crippen LogP contribution in [0.15, 0.2) is 0 Å². The molecular weight excluding hydrogens is 122 g/mol. The van der Waals surface area contributed by atoms with Crippen molar-refractivity contribution >= 4 is 12.9 Å². The zero-order valence-corrected chi connectivity index (χ0v) is 6.24. The first-order chi connectivity index (χ1) is 3.81. The van der Waals surface area contributed by atoms with Crippen molar-refractivity contribution in [2.24, 2.45) is 0 Å². The van der Waals surface area contributed by atoms with Crippen molar-refractivity contribution in [2.45, 2.75) is 19.4 Å².